The number of nitrogens with one attached hydrogen (secondary N) is 1. The number of carbonyl (C=O) groups excluding carboxylic acids is 1. The summed E-state index contributed by atoms with van der Waals surface area (Å²) in [6.07, 6.45) is 11.8. The molecule has 1 aromatic heterocycles. The van der Waals surface area contributed by atoms with Gasteiger partial charge in [0.2, 0.25) is 5.91 Å². The molecule has 0 atom stereocenters. The van der Waals surface area contributed by atoms with Gasteiger partial charge in [-0.2, -0.15) is 5.10 Å². The highest BCUT2D eigenvalue weighted by Gasteiger charge is 2.05. The van der Waals surface area contributed by atoms with E-state index in [0.29, 0.717) is 6.54 Å². The van der Waals surface area contributed by atoms with Crippen LogP contribution in [0.3, 0.4) is 0 Å². The third-order valence-electron chi connectivity index (χ3n) is 3.02. The van der Waals surface area contributed by atoms with E-state index in [1.54, 1.807) is 17.1 Å². The van der Waals surface area contributed by atoms with Gasteiger partial charge in [0.25, 0.3) is 0 Å². The zero-order valence-corrected chi connectivity index (χ0v) is 10.1. The summed E-state index contributed by atoms with van der Waals surface area (Å²) in [5.74, 6) is 0.0325. The molecule has 17 heavy (non-hydrogen) atoms. The first-order chi connectivity index (χ1) is 8.34. The largest absolute Gasteiger partial charge is 0.354 e. The monoisotopic (exact) mass is 233 g/mol. The molecule has 1 aliphatic rings. The fourth-order valence-corrected chi connectivity index (χ4v) is 2.09. The summed E-state index contributed by atoms with van der Waals surface area (Å²) in [4.78, 5) is 11.6. The minimum Gasteiger partial charge on any atom is -0.354 e. The second kappa shape index (κ2) is 6.23. The number of hydrogen-bond acceptors (Lipinski definition) is 2. The second-order valence-corrected chi connectivity index (χ2v) is 4.41. The van der Waals surface area contributed by atoms with Gasteiger partial charge < -0.3 is 5.32 Å². The molecule has 0 saturated heterocycles. The van der Waals surface area contributed by atoms with Crippen LogP contribution in [0.25, 0.3) is 0 Å². The van der Waals surface area contributed by atoms with Gasteiger partial charge in [-0.05, 0) is 38.2 Å². The SMILES string of the molecule is O=C(Cn1cccn1)NCCC1=CCCCC1. The van der Waals surface area contributed by atoms with Crippen LogP contribution in [0.5, 0.6) is 0 Å². The van der Waals surface area contributed by atoms with Crippen molar-refractivity contribution in [1.29, 1.82) is 0 Å². The molecule has 1 aromatic rings. The van der Waals surface area contributed by atoms with Crippen molar-refractivity contribution in [2.75, 3.05) is 6.54 Å². The van der Waals surface area contributed by atoms with Crippen LogP contribution < -0.4 is 5.32 Å². The molecule has 0 fully saturated rings. The van der Waals surface area contributed by atoms with Crippen molar-refractivity contribution < 1.29 is 4.79 Å². The summed E-state index contributed by atoms with van der Waals surface area (Å²) in [6, 6.07) is 1.82. The molecule has 0 aromatic carbocycles. The number of amides is 1. The molecule has 92 valence electrons. The van der Waals surface area contributed by atoms with Crippen molar-refractivity contribution in [2.24, 2.45) is 0 Å². The lowest BCUT2D eigenvalue weighted by molar-refractivity contribution is -0.121. The Balaban J connectivity index is 1.64. The molecule has 1 aliphatic carbocycles. The Hall–Kier alpha value is -1.58. The Labute approximate surface area is 102 Å². The zero-order valence-electron chi connectivity index (χ0n) is 10.1. The lowest BCUT2D eigenvalue weighted by atomic mass is 9.97. The molecule has 4 heteroatoms. The molecule has 0 bridgehead atoms. The minimum absolute atomic E-state index is 0.0325. The molecular formula is C13H19N3O. The fraction of sp³-hybridized carbons (Fsp3) is 0.538. The van der Waals surface area contributed by atoms with Gasteiger partial charge in [0.05, 0.1) is 0 Å². The summed E-state index contributed by atoms with van der Waals surface area (Å²) in [7, 11) is 0. The Morgan fingerprint density at radius 1 is 1.47 bits per heavy atom. The third kappa shape index (κ3) is 4.06. The number of carbonyl (C=O) groups is 1. The Morgan fingerprint density at radius 2 is 2.41 bits per heavy atom. The van der Waals surface area contributed by atoms with Crippen LogP contribution in [0.1, 0.15) is 32.1 Å². The molecule has 1 N–H and O–H groups in total. The van der Waals surface area contributed by atoms with Crippen molar-refractivity contribution in [1.82, 2.24) is 15.1 Å². The van der Waals surface area contributed by atoms with E-state index in [1.807, 2.05) is 6.07 Å². The van der Waals surface area contributed by atoms with Gasteiger partial charge in [-0.3, -0.25) is 9.48 Å². The maximum atomic E-state index is 11.6. The highest BCUT2D eigenvalue weighted by molar-refractivity contribution is 5.75. The number of hydrogen-bond donors (Lipinski definition) is 1. The summed E-state index contributed by atoms with van der Waals surface area (Å²) < 4.78 is 1.63. The first-order valence-corrected chi connectivity index (χ1v) is 6.26. The van der Waals surface area contributed by atoms with Gasteiger partial charge in [-0.1, -0.05) is 11.6 Å². The van der Waals surface area contributed by atoms with Crippen molar-refractivity contribution in [3.05, 3.63) is 30.1 Å². The summed E-state index contributed by atoms with van der Waals surface area (Å²) >= 11 is 0. The lowest BCUT2D eigenvalue weighted by Crippen LogP contribution is -2.28. The first-order valence-electron chi connectivity index (χ1n) is 6.26. The van der Waals surface area contributed by atoms with Gasteiger partial charge in [0, 0.05) is 18.9 Å². The second-order valence-electron chi connectivity index (χ2n) is 4.41. The van der Waals surface area contributed by atoms with Crippen LogP contribution in [-0.2, 0) is 11.3 Å². The Morgan fingerprint density at radius 3 is 3.12 bits per heavy atom. The molecule has 0 saturated carbocycles. The van der Waals surface area contributed by atoms with Gasteiger partial charge >= 0.3 is 0 Å². The quantitative estimate of drug-likeness (QED) is 0.789. The van der Waals surface area contributed by atoms with Crippen LogP contribution in [0.4, 0.5) is 0 Å². The van der Waals surface area contributed by atoms with Gasteiger partial charge in [0.1, 0.15) is 6.54 Å². The molecule has 0 unspecified atom stereocenters. The topological polar surface area (TPSA) is 46.9 Å². The molecule has 0 spiro atoms. The number of rotatable bonds is 5. The maximum absolute atomic E-state index is 11.6. The minimum atomic E-state index is 0.0325. The summed E-state index contributed by atoms with van der Waals surface area (Å²) in [5.41, 5.74) is 1.50. The summed E-state index contributed by atoms with van der Waals surface area (Å²) in [5, 5.41) is 6.93. The molecule has 0 aliphatic heterocycles. The van der Waals surface area contributed by atoms with E-state index in [2.05, 4.69) is 16.5 Å². The molecule has 4 nitrogen and oxygen atoms in total. The van der Waals surface area contributed by atoms with Crippen molar-refractivity contribution >= 4 is 5.91 Å². The molecule has 1 amide bonds. The Kier molecular flexibility index (Phi) is 4.36. The van der Waals surface area contributed by atoms with E-state index in [1.165, 1.54) is 31.3 Å². The molecular weight excluding hydrogens is 214 g/mol. The van der Waals surface area contributed by atoms with E-state index in [-0.39, 0.29) is 5.91 Å². The number of nitrogens with zero attached hydrogens (tertiary/aromatic N) is 2. The fourth-order valence-electron chi connectivity index (χ4n) is 2.09. The third-order valence-corrected chi connectivity index (χ3v) is 3.02. The molecule has 0 radical (unpaired) electrons. The van der Waals surface area contributed by atoms with Crippen LogP contribution in [0, 0.1) is 0 Å². The van der Waals surface area contributed by atoms with Crippen LogP contribution in [-0.4, -0.2) is 22.2 Å². The first kappa shape index (κ1) is 11.9. The normalized spacial score (nSPS) is 15.4. The standard InChI is InChI=1S/C13H19N3O/c17-13(11-16-10-4-8-15-16)14-9-7-12-5-2-1-3-6-12/h4-5,8,10H,1-3,6-7,9,11H2,(H,14,17). The molecule has 2 rings (SSSR count). The van der Waals surface area contributed by atoms with Crippen molar-refractivity contribution in [3.63, 3.8) is 0 Å². The predicted octanol–water partition coefficient (Wildman–Crippen LogP) is 1.89. The van der Waals surface area contributed by atoms with E-state index in [4.69, 9.17) is 0 Å². The van der Waals surface area contributed by atoms with Crippen molar-refractivity contribution in [3.8, 4) is 0 Å². The lowest BCUT2D eigenvalue weighted by Gasteiger charge is -2.12. The Bertz CT molecular complexity index is 381. The predicted molar refractivity (Wildman–Crippen MR) is 66.4 cm³/mol. The van der Waals surface area contributed by atoms with Gasteiger partial charge in [0.15, 0.2) is 0 Å². The van der Waals surface area contributed by atoms with Crippen molar-refractivity contribution in [2.45, 2.75) is 38.6 Å². The average molecular weight is 233 g/mol. The van der Waals surface area contributed by atoms with Crippen LogP contribution in [0.15, 0.2) is 30.1 Å². The van der Waals surface area contributed by atoms with E-state index in [9.17, 15) is 4.79 Å². The van der Waals surface area contributed by atoms with E-state index >= 15 is 0 Å². The smallest absolute Gasteiger partial charge is 0.241 e. The zero-order chi connectivity index (χ0) is 11.9. The average Bonchev–Trinajstić information content (AvgIpc) is 2.83. The van der Waals surface area contributed by atoms with Crippen LogP contribution in [0.2, 0.25) is 0 Å². The number of aromatic nitrogens is 2. The molecule has 1 heterocycles. The van der Waals surface area contributed by atoms with E-state index < -0.39 is 0 Å². The van der Waals surface area contributed by atoms with Crippen LogP contribution >= 0.6 is 0 Å². The number of allylic oxidation sites excluding steroid dienone is 1. The highest BCUT2D eigenvalue weighted by atomic mass is 16.2. The van der Waals surface area contributed by atoms with E-state index in [0.717, 1.165) is 13.0 Å². The van der Waals surface area contributed by atoms with Gasteiger partial charge in [-0.15, -0.1) is 0 Å². The summed E-state index contributed by atoms with van der Waals surface area (Å²) in [6.45, 7) is 1.05. The maximum Gasteiger partial charge on any atom is 0.241 e. The van der Waals surface area contributed by atoms with Gasteiger partial charge in [-0.25, -0.2) is 0 Å². The highest BCUT2D eigenvalue weighted by Crippen LogP contribution is 2.19.